The molecular weight excluding hydrogens is 202 g/mol. The van der Waals surface area contributed by atoms with Gasteiger partial charge in [0, 0.05) is 6.04 Å². The van der Waals surface area contributed by atoms with E-state index in [-0.39, 0.29) is 5.97 Å². The van der Waals surface area contributed by atoms with Crippen molar-refractivity contribution in [3.63, 3.8) is 0 Å². The Labute approximate surface area is 98.9 Å². The van der Waals surface area contributed by atoms with E-state index in [0.29, 0.717) is 19.2 Å². The molecule has 0 aromatic heterocycles. The lowest BCUT2D eigenvalue weighted by atomic mass is 9.87. The summed E-state index contributed by atoms with van der Waals surface area (Å²) in [4.78, 5) is 11.3. The molecule has 0 spiro atoms. The Hall–Kier alpha value is -0.570. The van der Waals surface area contributed by atoms with Gasteiger partial charge in [0.1, 0.15) is 0 Å². The van der Waals surface area contributed by atoms with Crippen molar-refractivity contribution in [3.8, 4) is 0 Å². The first-order valence-corrected chi connectivity index (χ1v) is 6.61. The molecule has 94 valence electrons. The fourth-order valence-electron chi connectivity index (χ4n) is 2.07. The van der Waals surface area contributed by atoms with Gasteiger partial charge in [-0.05, 0) is 38.0 Å². The van der Waals surface area contributed by atoms with Crippen molar-refractivity contribution in [3.05, 3.63) is 0 Å². The molecule has 0 radical (unpaired) electrons. The smallest absolute Gasteiger partial charge is 0.319 e. The molecule has 1 fully saturated rings. The van der Waals surface area contributed by atoms with Gasteiger partial charge < -0.3 is 10.1 Å². The van der Waals surface area contributed by atoms with Crippen molar-refractivity contribution >= 4 is 5.97 Å². The van der Waals surface area contributed by atoms with Gasteiger partial charge in [0.05, 0.1) is 13.2 Å². The van der Waals surface area contributed by atoms with E-state index >= 15 is 0 Å². The largest absolute Gasteiger partial charge is 0.465 e. The number of nitrogens with one attached hydrogen (secondary N) is 1. The third kappa shape index (κ3) is 5.50. The van der Waals surface area contributed by atoms with Crippen LogP contribution in [-0.2, 0) is 9.53 Å². The summed E-state index contributed by atoms with van der Waals surface area (Å²) < 4.78 is 5.09. The van der Waals surface area contributed by atoms with Gasteiger partial charge in [-0.1, -0.05) is 20.3 Å². The van der Waals surface area contributed by atoms with Crippen LogP contribution in [0.4, 0.5) is 0 Å². The van der Waals surface area contributed by atoms with E-state index in [1.54, 1.807) is 0 Å². The average Bonchev–Trinajstić information content (AvgIpc) is 2.29. The number of rotatable bonds is 6. The molecule has 0 aromatic rings. The highest BCUT2D eigenvalue weighted by Crippen LogP contribution is 2.23. The first-order valence-electron chi connectivity index (χ1n) is 6.61. The number of carbonyl (C=O) groups excluding carboxylic acids is 1. The molecule has 0 heterocycles. The van der Waals surface area contributed by atoms with Gasteiger partial charge in [0.15, 0.2) is 0 Å². The highest BCUT2D eigenvalue weighted by atomic mass is 16.5. The van der Waals surface area contributed by atoms with Crippen LogP contribution in [0.15, 0.2) is 0 Å². The summed E-state index contributed by atoms with van der Waals surface area (Å²) in [5.74, 6) is 0.752. The monoisotopic (exact) mass is 227 g/mol. The molecule has 16 heavy (non-hydrogen) atoms. The van der Waals surface area contributed by atoms with Gasteiger partial charge in [-0.2, -0.15) is 0 Å². The van der Waals surface area contributed by atoms with Crippen LogP contribution in [0.3, 0.4) is 0 Å². The second kappa shape index (κ2) is 7.66. The zero-order chi connectivity index (χ0) is 11.8. The molecule has 0 atom stereocenters. The first kappa shape index (κ1) is 13.5. The minimum Gasteiger partial charge on any atom is -0.465 e. The summed E-state index contributed by atoms with van der Waals surface area (Å²) >= 11 is 0. The van der Waals surface area contributed by atoms with Crippen molar-refractivity contribution in [1.29, 1.82) is 0 Å². The second-order valence-corrected chi connectivity index (χ2v) is 4.91. The van der Waals surface area contributed by atoms with Crippen LogP contribution < -0.4 is 5.32 Å². The van der Waals surface area contributed by atoms with Crippen LogP contribution in [0.25, 0.3) is 0 Å². The van der Waals surface area contributed by atoms with E-state index in [0.717, 1.165) is 18.8 Å². The van der Waals surface area contributed by atoms with Gasteiger partial charge in [0.2, 0.25) is 0 Å². The summed E-state index contributed by atoms with van der Waals surface area (Å²) in [7, 11) is 0. The molecule has 0 unspecified atom stereocenters. The van der Waals surface area contributed by atoms with E-state index in [1.165, 1.54) is 25.7 Å². The Morgan fingerprint density at radius 2 is 2.00 bits per heavy atom. The van der Waals surface area contributed by atoms with Gasteiger partial charge in [-0.3, -0.25) is 4.79 Å². The molecular formula is C13H25NO2. The van der Waals surface area contributed by atoms with Crippen LogP contribution in [0.2, 0.25) is 0 Å². The SMILES string of the molecule is CCCCOC(=O)CNC1CCC(C)CC1. The standard InChI is InChI=1S/C13H25NO2/c1-3-4-9-16-13(15)10-14-12-7-5-11(2)6-8-12/h11-12,14H,3-10H2,1-2H3. The Morgan fingerprint density at radius 3 is 2.62 bits per heavy atom. The molecule has 0 aromatic carbocycles. The van der Waals surface area contributed by atoms with Crippen LogP contribution >= 0.6 is 0 Å². The van der Waals surface area contributed by atoms with E-state index in [2.05, 4.69) is 19.2 Å². The fourth-order valence-corrected chi connectivity index (χ4v) is 2.07. The lowest BCUT2D eigenvalue weighted by Gasteiger charge is -2.26. The van der Waals surface area contributed by atoms with Gasteiger partial charge in [0.25, 0.3) is 0 Å². The van der Waals surface area contributed by atoms with Gasteiger partial charge in [-0.15, -0.1) is 0 Å². The number of hydrogen-bond donors (Lipinski definition) is 1. The highest BCUT2D eigenvalue weighted by Gasteiger charge is 2.18. The van der Waals surface area contributed by atoms with Crippen molar-refractivity contribution in [1.82, 2.24) is 5.32 Å². The molecule has 0 bridgehead atoms. The molecule has 1 aliphatic carbocycles. The lowest BCUT2D eigenvalue weighted by Crippen LogP contribution is -2.37. The van der Waals surface area contributed by atoms with Crippen LogP contribution in [0.5, 0.6) is 0 Å². The van der Waals surface area contributed by atoms with E-state index < -0.39 is 0 Å². The van der Waals surface area contributed by atoms with Crippen molar-refractivity contribution in [2.75, 3.05) is 13.2 Å². The second-order valence-electron chi connectivity index (χ2n) is 4.91. The Bertz CT molecular complexity index is 198. The normalized spacial score (nSPS) is 25.4. The van der Waals surface area contributed by atoms with E-state index in [9.17, 15) is 4.79 Å². The molecule has 3 heteroatoms. The summed E-state index contributed by atoms with van der Waals surface area (Å²) in [6, 6.07) is 0.523. The van der Waals surface area contributed by atoms with Crippen molar-refractivity contribution < 1.29 is 9.53 Å². The number of ether oxygens (including phenoxy) is 1. The van der Waals surface area contributed by atoms with Gasteiger partial charge >= 0.3 is 5.97 Å². The van der Waals surface area contributed by atoms with E-state index in [1.807, 2.05) is 0 Å². The molecule has 0 amide bonds. The fraction of sp³-hybridized carbons (Fsp3) is 0.923. The summed E-state index contributed by atoms with van der Waals surface area (Å²) in [5.41, 5.74) is 0. The first-order chi connectivity index (χ1) is 7.72. The Balaban J connectivity index is 2.03. The third-order valence-electron chi connectivity index (χ3n) is 3.31. The van der Waals surface area contributed by atoms with Crippen molar-refractivity contribution in [2.45, 2.75) is 58.4 Å². The zero-order valence-corrected chi connectivity index (χ0v) is 10.6. The lowest BCUT2D eigenvalue weighted by molar-refractivity contribution is -0.142. The van der Waals surface area contributed by atoms with Crippen LogP contribution in [-0.4, -0.2) is 25.2 Å². The van der Waals surface area contributed by atoms with Crippen LogP contribution in [0, 0.1) is 5.92 Å². The predicted octanol–water partition coefficient (Wildman–Crippen LogP) is 2.50. The summed E-state index contributed by atoms with van der Waals surface area (Å²) in [6.45, 7) is 5.34. The maximum atomic E-state index is 11.3. The third-order valence-corrected chi connectivity index (χ3v) is 3.31. The molecule has 0 saturated heterocycles. The number of unbranched alkanes of at least 4 members (excludes halogenated alkanes) is 1. The Morgan fingerprint density at radius 1 is 1.31 bits per heavy atom. The minimum absolute atomic E-state index is 0.105. The molecule has 1 saturated carbocycles. The number of esters is 1. The number of hydrogen-bond acceptors (Lipinski definition) is 3. The maximum absolute atomic E-state index is 11.3. The minimum atomic E-state index is -0.105. The average molecular weight is 227 g/mol. The summed E-state index contributed by atoms with van der Waals surface area (Å²) in [6.07, 6.45) is 6.99. The molecule has 1 rings (SSSR count). The van der Waals surface area contributed by atoms with Gasteiger partial charge in [-0.25, -0.2) is 0 Å². The highest BCUT2D eigenvalue weighted by molar-refractivity contribution is 5.71. The number of carbonyl (C=O) groups is 1. The van der Waals surface area contributed by atoms with Crippen molar-refractivity contribution in [2.24, 2.45) is 5.92 Å². The van der Waals surface area contributed by atoms with E-state index in [4.69, 9.17) is 4.74 Å². The summed E-state index contributed by atoms with van der Waals surface area (Å²) in [5, 5.41) is 3.29. The zero-order valence-electron chi connectivity index (χ0n) is 10.6. The maximum Gasteiger partial charge on any atom is 0.319 e. The van der Waals surface area contributed by atoms with Crippen LogP contribution in [0.1, 0.15) is 52.4 Å². The molecule has 3 nitrogen and oxygen atoms in total. The quantitative estimate of drug-likeness (QED) is 0.559. The molecule has 1 aliphatic rings. The topological polar surface area (TPSA) is 38.3 Å². The Kier molecular flexibility index (Phi) is 6.46. The molecule has 0 aliphatic heterocycles. The predicted molar refractivity (Wildman–Crippen MR) is 65.3 cm³/mol. The molecule has 1 N–H and O–H groups in total.